The Hall–Kier alpha value is -2.33. The zero-order chi connectivity index (χ0) is 18.6. The Morgan fingerprint density at radius 3 is 2.35 bits per heavy atom. The van der Waals surface area contributed by atoms with E-state index in [2.05, 4.69) is 32.9 Å². The van der Waals surface area contributed by atoms with Crippen molar-refractivity contribution in [1.29, 1.82) is 0 Å². The molecule has 0 bridgehead atoms. The summed E-state index contributed by atoms with van der Waals surface area (Å²) >= 11 is 0. The lowest BCUT2D eigenvalue weighted by molar-refractivity contribution is -0.0830. The van der Waals surface area contributed by atoms with Gasteiger partial charge in [-0.15, -0.1) is 0 Å². The van der Waals surface area contributed by atoms with Crippen molar-refractivity contribution in [3.05, 3.63) is 66.2 Å². The third-order valence-electron chi connectivity index (χ3n) is 4.92. The van der Waals surface area contributed by atoms with E-state index in [1.165, 1.54) is 0 Å². The molecule has 2 aromatic rings. The Balaban J connectivity index is 1.86. The third kappa shape index (κ3) is 4.44. The third-order valence-corrected chi connectivity index (χ3v) is 4.92. The Bertz CT molecular complexity index is 715. The van der Waals surface area contributed by atoms with Crippen LogP contribution in [-0.2, 0) is 4.74 Å². The number of carbonyl (C=O) groups is 1. The molecule has 138 valence electrons. The number of rotatable bonds is 4. The molecule has 1 aliphatic rings. The van der Waals surface area contributed by atoms with Crippen LogP contribution in [0.4, 0.5) is 4.79 Å². The Kier molecular flexibility index (Phi) is 5.62. The van der Waals surface area contributed by atoms with E-state index in [0.29, 0.717) is 12.4 Å². The highest BCUT2D eigenvalue weighted by Gasteiger charge is 2.37. The van der Waals surface area contributed by atoms with E-state index in [0.717, 1.165) is 18.4 Å². The summed E-state index contributed by atoms with van der Waals surface area (Å²) in [5, 5.41) is 0. The number of hydrogen-bond donors (Lipinski definition) is 0. The quantitative estimate of drug-likeness (QED) is 0.758. The van der Waals surface area contributed by atoms with Crippen LogP contribution >= 0.6 is 0 Å². The first kappa shape index (κ1) is 18.5. The van der Waals surface area contributed by atoms with Gasteiger partial charge in [-0.05, 0) is 51.3 Å². The molecule has 2 aromatic carbocycles. The van der Waals surface area contributed by atoms with Crippen LogP contribution in [-0.4, -0.2) is 29.2 Å². The van der Waals surface area contributed by atoms with Gasteiger partial charge in [0.2, 0.25) is 0 Å². The van der Waals surface area contributed by atoms with Crippen LogP contribution < -0.4 is 4.74 Å². The van der Waals surface area contributed by atoms with Gasteiger partial charge in [-0.1, -0.05) is 48.5 Å². The molecule has 0 N–H and O–H groups in total. The summed E-state index contributed by atoms with van der Waals surface area (Å²) in [6, 6.07) is 19.3. The summed E-state index contributed by atoms with van der Waals surface area (Å²) < 4.78 is 11.5. The SMILES string of the molecule is C[C@@H](c1ccccc1)N(C(=O)Oc1ccccc1)[C@H]1CCOC(C)(C)C1. The van der Waals surface area contributed by atoms with Crippen molar-refractivity contribution in [3.63, 3.8) is 0 Å². The van der Waals surface area contributed by atoms with E-state index in [1.54, 1.807) is 12.1 Å². The zero-order valence-electron chi connectivity index (χ0n) is 15.7. The van der Waals surface area contributed by atoms with Gasteiger partial charge < -0.3 is 9.47 Å². The van der Waals surface area contributed by atoms with E-state index in [1.807, 2.05) is 41.3 Å². The molecule has 1 amide bonds. The van der Waals surface area contributed by atoms with Gasteiger partial charge in [0.1, 0.15) is 5.75 Å². The average Bonchev–Trinajstić information content (AvgIpc) is 2.62. The van der Waals surface area contributed by atoms with E-state index < -0.39 is 0 Å². The highest BCUT2D eigenvalue weighted by molar-refractivity contribution is 5.71. The number of benzene rings is 2. The van der Waals surface area contributed by atoms with Crippen LogP contribution in [0.25, 0.3) is 0 Å². The van der Waals surface area contributed by atoms with Crippen LogP contribution in [0.15, 0.2) is 60.7 Å². The molecular weight excluding hydrogens is 326 g/mol. The molecule has 1 heterocycles. The molecule has 4 nitrogen and oxygen atoms in total. The van der Waals surface area contributed by atoms with Gasteiger partial charge in [-0.2, -0.15) is 0 Å². The van der Waals surface area contributed by atoms with Gasteiger partial charge in [-0.25, -0.2) is 4.79 Å². The summed E-state index contributed by atoms with van der Waals surface area (Å²) in [5.41, 5.74) is 0.853. The lowest BCUT2D eigenvalue weighted by Gasteiger charge is -2.43. The Morgan fingerprint density at radius 1 is 1.12 bits per heavy atom. The monoisotopic (exact) mass is 353 g/mol. The van der Waals surface area contributed by atoms with Crippen molar-refractivity contribution < 1.29 is 14.3 Å². The standard InChI is InChI=1S/C22H27NO3/c1-17(18-10-6-4-7-11-18)23(19-14-15-25-22(2,3)16-19)21(24)26-20-12-8-5-9-13-20/h4-13,17,19H,14-16H2,1-3H3/t17-,19-/m0/s1. The lowest BCUT2D eigenvalue weighted by Crippen LogP contribution is -2.50. The van der Waals surface area contributed by atoms with E-state index in [4.69, 9.17) is 9.47 Å². The van der Waals surface area contributed by atoms with Gasteiger partial charge in [0.25, 0.3) is 0 Å². The zero-order valence-corrected chi connectivity index (χ0v) is 15.7. The molecule has 1 fully saturated rings. The Morgan fingerprint density at radius 2 is 1.73 bits per heavy atom. The smallest absolute Gasteiger partial charge is 0.410 e. The minimum Gasteiger partial charge on any atom is -0.410 e. The summed E-state index contributed by atoms with van der Waals surface area (Å²) in [6.45, 7) is 6.86. The molecule has 0 radical (unpaired) electrons. The summed E-state index contributed by atoms with van der Waals surface area (Å²) in [4.78, 5) is 15.0. The van der Waals surface area contributed by atoms with Crippen molar-refractivity contribution >= 4 is 6.09 Å². The number of nitrogens with zero attached hydrogens (tertiary/aromatic N) is 1. The largest absolute Gasteiger partial charge is 0.415 e. The number of para-hydroxylation sites is 1. The number of ether oxygens (including phenoxy) is 2. The maximum Gasteiger partial charge on any atom is 0.415 e. The van der Waals surface area contributed by atoms with Gasteiger partial charge in [0.05, 0.1) is 11.6 Å². The van der Waals surface area contributed by atoms with Crippen molar-refractivity contribution in [3.8, 4) is 5.75 Å². The van der Waals surface area contributed by atoms with Gasteiger partial charge in [-0.3, -0.25) is 4.90 Å². The van der Waals surface area contributed by atoms with Crippen molar-refractivity contribution in [2.75, 3.05) is 6.61 Å². The second-order valence-electron chi connectivity index (χ2n) is 7.43. The van der Waals surface area contributed by atoms with Crippen molar-refractivity contribution in [1.82, 2.24) is 4.90 Å². The van der Waals surface area contributed by atoms with E-state index in [9.17, 15) is 4.79 Å². The minimum absolute atomic E-state index is 0.0742. The summed E-state index contributed by atoms with van der Waals surface area (Å²) in [5.74, 6) is 0.564. The first-order chi connectivity index (χ1) is 12.5. The fourth-order valence-corrected chi connectivity index (χ4v) is 3.59. The first-order valence-electron chi connectivity index (χ1n) is 9.20. The normalized spacial score (nSPS) is 20.2. The average molecular weight is 353 g/mol. The number of hydrogen-bond acceptors (Lipinski definition) is 3. The minimum atomic E-state index is -0.310. The molecule has 3 rings (SSSR count). The van der Waals surface area contributed by atoms with Gasteiger partial charge in [0.15, 0.2) is 0 Å². The van der Waals surface area contributed by atoms with Crippen LogP contribution in [0.5, 0.6) is 5.75 Å². The fraction of sp³-hybridized carbons (Fsp3) is 0.409. The van der Waals surface area contributed by atoms with Gasteiger partial charge in [0, 0.05) is 12.6 Å². The van der Waals surface area contributed by atoms with Crippen LogP contribution in [0.2, 0.25) is 0 Å². The maximum absolute atomic E-state index is 13.1. The van der Waals surface area contributed by atoms with Crippen LogP contribution in [0.3, 0.4) is 0 Å². The van der Waals surface area contributed by atoms with Crippen molar-refractivity contribution in [2.24, 2.45) is 0 Å². The van der Waals surface area contributed by atoms with E-state index >= 15 is 0 Å². The number of amides is 1. The lowest BCUT2D eigenvalue weighted by atomic mass is 9.91. The van der Waals surface area contributed by atoms with Crippen LogP contribution in [0, 0.1) is 0 Å². The summed E-state index contributed by atoms with van der Waals surface area (Å²) in [7, 11) is 0. The Labute approximate surface area is 155 Å². The molecule has 0 aromatic heterocycles. The molecule has 0 saturated carbocycles. The highest BCUT2D eigenvalue weighted by atomic mass is 16.6. The molecule has 2 atom stereocenters. The summed E-state index contributed by atoms with van der Waals surface area (Å²) in [6.07, 6.45) is 1.29. The highest BCUT2D eigenvalue weighted by Crippen LogP contribution is 2.33. The molecule has 0 unspecified atom stereocenters. The molecule has 1 aliphatic heterocycles. The topological polar surface area (TPSA) is 38.8 Å². The van der Waals surface area contributed by atoms with Gasteiger partial charge >= 0.3 is 6.09 Å². The predicted octanol–water partition coefficient (Wildman–Crippen LogP) is 5.21. The number of carbonyl (C=O) groups excluding carboxylic acids is 1. The van der Waals surface area contributed by atoms with Crippen molar-refractivity contribution in [2.45, 2.75) is 51.3 Å². The molecule has 0 aliphatic carbocycles. The molecule has 26 heavy (non-hydrogen) atoms. The van der Waals surface area contributed by atoms with Crippen LogP contribution in [0.1, 0.15) is 45.2 Å². The molecule has 1 saturated heterocycles. The predicted molar refractivity (Wildman–Crippen MR) is 102 cm³/mol. The molecular formula is C22H27NO3. The second-order valence-corrected chi connectivity index (χ2v) is 7.43. The first-order valence-corrected chi connectivity index (χ1v) is 9.20. The fourth-order valence-electron chi connectivity index (χ4n) is 3.59. The maximum atomic E-state index is 13.1. The second kappa shape index (κ2) is 7.92. The molecule has 0 spiro atoms. The van der Waals surface area contributed by atoms with E-state index in [-0.39, 0.29) is 23.8 Å². The molecule has 4 heteroatoms.